The normalized spacial score (nSPS) is 10.3. The van der Waals surface area contributed by atoms with Gasteiger partial charge in [-0.15, -0.1) is 0 Å². The van der Waals surface area contributed by atoms with Gasteiger partial charge in [-0.05, 0) is 19.4 Å². The molecular weight excluding hydrogens is 223 g/mol. The molecule has 0 aromatic heterocycles. The van der Waals surface area contributed by atoms with Gasteiger partial charge in [0, 0.05) is 19.2 Å². The maximum atomic E-state index is 13.7. The van der Waals surface area contributed by atoms with Crippen LogP contribution in [-0.2, 0) is 0 Å². The number of nitro benzene ring substituents is 1. The summed E-state index contributed by atoms with van der Waals surface area (Å²) in [4.78, 5) is 11.8. The second kappa shape index (κ2) is 6.18. The third kappa shape index (κ3) is 3.41. The Bertz CT molecular complexity index is 396. The molecule has 0 amide bonds. The molecular formula is C12H17FN2O2. The first-order valence-electron chi connectivity index (χ1n) is 5.79. The predicted molar refractivity (Wildman–Crippen MR) is 65.8 cm³/mol. The largest absolute Gasteiger partial charge is 0.369 e. The van der Waals surface area contributed by atoms with E-state index in [0.717, 1.165) is 25.5 Å². The number of nitrogens with zero attached hydrogens (tertiary/aromatic N) is 2. The number of non-ortho nitro benzene ring substituents is 1. The highest BCUT2D eigenvalue weighted by atomic mass is 19.1. The molecule has 0 aliphatic heterocycles. The number of rotatable bonds is 6. The molecule has 0 radical (unpaired) electrons. The number of hydrogen-bond acceptors (Lipinski definition) is 3. The van der Waals surface area contributed by atoms with Crippen molar-refractivity contribution in [2.45, 2.75) is 26.7 Å². The van der Waals surface area contributed by atoms with E-state index in [2.05, 4.69) is 6.92 Å². The molecule has 1 aromatic carbocycles. The summed E-state index contributed by atoms with van der Waals surface area (Å²) in [5, 5.41) is 10.5. The van der Waals surface area contributed by atoms with E-state index >= 15 is 0 Å². The molecule has 17 heavy (non-hydrogen) atoms. The molecule has 0 bridgehead atoms. The summed E-state index contributed by atoms with van der Waals surface area (Å²) in [5.74, 6) is -0.530. The molecule has 0 aliphatic rings. The van der Waals surface area contributed by atoms with Crippen LogP contribution in [-0.4, -0.2) is 18.0 Å². The lowest BCUT2D eigenvalue weighted by molar-refractivity contribution is -0.385. The van der Waals surface area contributed by atoms with E-state index in [9.17, 15) is 14.5 Å². The van der Waals surface area contributed by atoms with Crippen molar-refractivity contribution >= 4 is 11.4 Å². The topological polar surface area (TPSA) is 46.4 Å². The lowest BCUT2D eigenvalue weighted by atomic mass is 10.2. The number of halogens is 1. The van der Waals surface area contributed by atoms with Crippen molar-refractivity contribution in [3.8, 4) is 0 Å². The van der Waals surface area contributed by atoms with Gasteiger partial charge < -0.3 is 4.90 Å². The van der Waals surface area contributed by atoms with Crippen molar-refractivity contribution in [2.24, 2.45) is 0 Å². The number of anilines is 1. The van der Waals surface area contributed by atoms with Crippen LogP contribution in [0.1, 0.15) is 26.7 Å². The van der Waals surface area contributed by atoms with Crippen LogP contribution >= 0.6 is 0 Å². The molecule has 0 atom stereocenters. The Hall–Kier alpha value is -1.65. The second-order valence-corrected chi connectivity index (χ2v) is 3.83. The Balaban J connectivity index is 2.92. The summed E-state index contributed by atoms with van der Waals surface area (Å²) in [5.41, 5.74) is 0.226. The third-order valence-corrected chi connectivity index (χ3v) is 2.65. The smallest absolute Gasteiger partial charge is 0.272 e. The number of nitro groups is 1. The Morgan fingerprint density at radius 1 is 1.41 bits per heavy atom. The van der Waals surface area contributed by atoms with Crippen LogP contribution in [0, 0.1) is 15.9 Å². The second-order valence-electron chi connectivity index (χ2n) is 3.83. The fourth-order valence-electron chi connectivity index (χ4n) is 1.66. The highest BCUT2D eigenvalue weighted by Gasteiger charge is 2.14. The maximum Gasteiger partial charge on any atom is 0.272 e. The number of benzene rings is 1. The molecule has 0 unspecified atom stereocenters. The first-order valence-corrected chi connectivity index (χ1v) is 5.79. The van der Waals surface area contributed by atoms with Gasteiger partial charge in [-0.25, -0.2) is 4.39 Å². The maximum absolute atomic E-state index is 13.7. The molecule has 0 spiro atoms. The van der Waals surface area contributed by atoms with Gasteiger partial charge in [0.1, 0.15) is 0 Å². The highest BCUT2D eigenvalue weighted by molar-refractivity contribution is 5.52. The molecule has 0 saturated carbocycles. The Kier molecular flexibility index (Phi) is 4.87. The minimum atomic E-state index is -0.588. The minimum absolute atomic E-state index is 0.210. The zero-order valence-electron chi connectivity index (χ0n) is 10.1. The highest BCUT2D eigenvalue weighted by Crippen LogP contribution is 2.24. The fourth-order valence-corrected chi connectivity index (χ4v) is 1.66. The summed E-state index contributed by atoms with van der Waals surface area (Å²) < 4.78 is 13.7. The van der Waals surface area contributed by atoms with Crippen molar-refractivity contribution in [1.29, 1.82) is 0 Å². The quantitative estimate of drug-likeness (QED) is 0.565. The van der Waals surface area contributed by atoms with Gasteiger partial charge in [-0.3, -0.25) is 10.1 Å². The lowest BCUT2D eigenvalue weighted by Crippen LogP contribution is -2.24. The summed E-state index contributed by atoms with van der Waals surface area (Å²) >= 11 is 0. The summed E-state index contributed by atoms with van der Waals surface area (Å²) in [6.45, 7) is 5.47. The van der Waals surface area contributed by atoms with E-state index in [4.69, 9.17) is 0 Å². The molecule has 0 fully saturated rings. The van der Waals surface area contributed by atoms with Crippen molar-refractivity contribution < 1.29 is 9.31 Å². The van der Waals surface area contributed by atoms with Gasteiger partial charge in [0.2, 0.25) is 0 Å². The summed E-state index contributed by atoms with van der Waals surface area (Å²) in [7, 11) is 0. The Morgan fingerprint density at radius 2 is 2.12 bits per heavy atom. The summed E-state index contributed by atoms with van der Waals surface area (Å²) in [6, 6.07) is 3.80. The number of unbranched alkanes of at least 4 members (excludes halogenated alkanes) is 1. The molecule has 0 aliphatic carbocycles. The van der Waals surface area contributed by atoms with Crippen LogP contribution in [0.2, 0.25) is 0 Å². The average Bonchev–Trinajstić information content (AvgIpc) is 2.31. The Morgan fingerprint density at radius 3 is 2.59 bits per heavy atom. The first kappa shape index (κ1) is 13.4. The zero-order chi connectivity index (χ0) is 12.8. The first-order chi connectivity index (χ1) is 8.10. The minimum Gasteiger partial charge on any atom is -0.369 e. The van der Waals surface area contributed by atoms with E-state index in [1.54, 1.807) is 0 Å². The van der Waals surface area contributed by atoms with Crippen LogP contribution in [0.15, 0.2) is 18.2 Å². The number of hydrogen-bond donors (Lipinski definition) is 0. The van der Waals surface area contributed by atoms with E-state index < -0.39 is 10.7 Å². The van der Waals surface area contributed by atoms with E-state index in [0.29, 0.717) is 12.2 Å². The predicted octanol–water partition coefficient (Wildman–Crippen LogP) is 3.36. The van der Waals surface area contributed by atoms with Crippen molar-refractivity contribution in [1.82, 2.24) is 0 Å². The van der Waals surface area contributed by atoms with Gasteiger partial charge in [0.25, 0.3) is 5.69 Å². The van der Waals surface area contributed by atoms with E-state index in [1.165, 1.54) is 12.1 Å². The van der Waals surface area contributed by atoms with E-state index in [1.807, 2.05) is 11.8 Å². The molecule has 4 nitrogen and oxygen atoms in total. The molecule has 1 rings (SSSR count). The average molecular weight is 240 g/mol. The van der Waals surface area contributed by atoms with Crippen molar-refractivity contribution in [2.75, 3.05) is 18.0 Å². The summed E-state index contributed by atoms with van der Waals surface area (Å²) in [6.07, 6.45) is 2.01. The lowest BCUT2D eigenvalue weighted by Gasteiger charge is -2.23. The van der Waals surface area contributed by atoms with Crippen LogP contribution in [0.25, 0.3) is 0 Å². The van der Waals surface area contributed by atoms with Gasteiger partial charge >= 0.3 is 0 Å². The third-order valence-electron chi connectivity index (χ3n) is 2.65. The van der Waals surface area contributed by atoms with Crippen molar-refractivity contribution in [3.05, 3.63) is 34.1 Å². The van der Waals surface area contributed by atoms with Crippen LogP contribution in [0.3, 0.4) is 0 Å². The van der Waals surface area contributed by atoms with Crippen LogP contribution in [0.5, 0.6) is 0 Å². The molecule has 0 N–H and O–H groups in total. The SMILES string of the molecule is CCCCN(CC)c1ccc([N+](=O)[O-])cc1F. The monoisotopic (exact) mass is 240 g/mol. The van der Waals surface area contributed by atoms with Gasteiger partial charge in [0.15, 0.2) is 5.82 Å². The molecule has 94 valence electrons. The standard InChI is InChI=1S/C12H17FN2O2/c1-3-5-8-14(4-2)12-7-6-10(15(16)17)9-11(12)13/h6-7,9H,3-5,8H2,1-2H3. The van der Waals surface area contributed by atoms with Gasteiger partial charge in [-0.2, -0.15) is 0 Å². The Labute approximate surface area is 100 Å². The van der Waals surface area contributed by atoms with E-state index in [-0.39, 0.29) is 5.69 Å². The molecule has 0 heterocycles. The molecule has 5 heteroatoms. The van der Waals surface area contributed by atoms with Gasteiger partial charge in [0.05, 0.1) is 16.7 Å². The fraction of sp³-hybridized carbons (Fsp3) is 0.500. The van der Waals surface area contributed by atoms with Crippen LogP contribution < -0.4 is 4.90 Å². The van der Waals surface area contributed by atoms with Crippen molar-refractivity contribution in [3.63, 3.8) is 0 Å². The molecule has 1 aromatic rings. The molecule has 0 saturated heterocycles. The zero-order valence-corrected chi connectivity index (χ0v) is 10.1. The van der Waals surface area contributed by atoms with Gasteiger partial charge in [-0.1, -0.05) is 13.3 Å². The van der Waals surface area contributed by atoms with Crippen LogP contribution in [0.4, 0.5) is 15.8 Å².